The zero-order valence-electron chi connectivity index (χ0n) is 10.7. The lowest BCUT2D eigenvalue weighted by atomic mass is 9.97. The Labute approximate surface area is 116 Å². The van der Waals surface area contributed by atoms with Crippen molar-refractivity contribution in [3.05, 3.63) is 33.5 Å². The topological polar surface area (TPSA) is 33.0 Å². The minimum absolute atomic E-state index is 0.350. The van der Waals surface area contributed by atoms with Crippen LogP contribution in [-0.2, 0) is 16.4 Å². The second-order valence-corrected chi connectivity index (χ2v) is 10.9. The summed E-state index contributed by atoms with van der Waals surface area (Å²) in [7, 11) is -1.92. The van der Waals surface area contributed by atoms with E-state index in [0.717, 1.165) is 5.56 Å². The first-order chi connectivity index (χ1) is 8.27. The highest BCUT2D eigenvalue weighted by Crippen LogP contribution is 2.43. The van der Waals surface area contributed by atoms with Crippen molar-refractivity contribution in [2.75, 3.05) is 0 Å². The molecule has 0 fully saturated rings. The quantitative estimate of drug-likeness (QED) is 0.766. The summed E-state index contributed by atoms with van der Waals surface area (Å²) in [5.41, 5.74) is 0.224. The third kappa shape index (κ3) is 2.37. The van der Waals surface area contributed by atoms with Crippen LogP contribution in [-0.4, -0.2) is 8.32 Å². The van der Waals surface area contributed by atoms with Crippen LogP contribution in [0.25, 0.3) is 0 Å². The Hall–Kier alpha value is -0.703. The van der Waals surface area contributed by atoms with E-state index in [4.69, 9.17) is 4.43 Å². The maximum Gasteiger partial charge on any atom is 0.186 e. The number of nitriles is 1. The Morgan fingerprint density at radius 2 is 2.11 bits per heavy atom. The molecule has 0 radical (unpaired) electrons. The number of aryl methyl sites for hydroxylation is 1. The van der Waals surface area contributed by atoms with E-state index in [1.807, 2.05) is 25.7 Å². The van der Waals surface area contributed by atoms with Gasteiger partial charge in [-0.3, -0.25) is 0 Å². The highest BCUT2D eigenvalue weighted by atomic mass is 79.9. The number of rotatable bonds is 2. The molecule has 5 heteroatoms. The molecule has 0 spiro atoms. The van der Waals surface area contributed by atoms with E-state index < -0.39 is 13.9 Å². The lowest BCUT2D eigenvalue weighted by Gasteiger charge is -2.31. The Kier molecular flexibility index (Phi) is 3.39. The molecule has 0 heterocycles. The van der Waals surface area contributed by atoms with Gasteiger partial charge < -0.3 is 4.43 Å². The van der Waals surface area contributed by atoms with Crippen LogP contribution in [0.5, 0.6) is 0 Å². The molecule has 1 aromatic rings. The SMILES string of the molecule is C[Si](C)(C)OC1(C#N)CCc2cc(Br)cc(F)c21. The van der Waals surface area contributed by atoms with Gasteiger partial charge in [0.2, 0.25) is 0 Å². The Morgan fingerprint density at radius 1 is 1.44 bits per heavy atom. The molecule has 1 aliphatic carbocycles. The van der Waals surface area contributed by atoms with Crippen LogP contribution in [0.4, 0.5) is 4.39 Å². The third-order valence-electron chi connectivity index (χ3n) is 2.95. The molecule has 0 aliphatic heterocycles. The van der Waals surface area contributed by atoms with Crippen molar-refractivity contribution in [3.8, 4) is 6.07 Å². The monoisotopic (exact) mass is 327 g/mol. The number of fused-ring (bicyclic) bond motifs is 1. The molecule has 0 bridgehead atoms. The van der Waals surface area contributed by atoms with Crippen molar-refractivity contribution in [3.63, 3.8) is 0 Å². The van der Waals surface area contributed by atoms with Crippen LogP contribution in [0, 0.1) is 17.1 Å². The summed E-state index contributed by atoms with van der Waals surface area (Å²) in [4.78, 5) is 0. The number of nitrogens with zero attached hydrogens (tertiary/aromatic N) is 1. The molecular formula is C13H15BrFNOSi. The summed E-state index contributed by atoms with van der Waals surface area (Å²) < 4.78 is 20.9. The predicted octanol–water partition coefficient (Wildman–Crippen LogP) is 4.10. The van der Waals surface area contributed by atoms with Gasteiger partial charge in [0.15, 0.2) is 13.9 Å². The minimum atomic E-state index is -1.92. The second-order valence-electron chi connectivity index (χ2n) is 5.57. The Morgan fingerprint density at radius 3 is 2.67 bits per heavy atom. The van der Waals surface area contributed by atoms with Crippen LogP contribution in [0.1, 0.15) is 17.5 Å². The largest absolute Gasteiger partial charge is 0.396 e. The first kappa shape index (κ1) is 13.7. The molecule has 2 nitrogen and oxygen atoms in total. The molecule has 1 unspecified atom stereocenters. The molecule has 18 heavy (non-hydrogen) atoms. The van der Waals surface area contributed by atoms with Gasteiger partial charge in [-0.1, -0.05) is 15.9 Å². The summed E-state index contributed by atoms with van der Waals surface area (Å²) in [6.07, 6.45) is 1.22. The van der Waals surface area contributed by atoms with E-state index in [9.17, 15) is 9.65 Å². The fourth-order valence-corrected chi connectivity index (χ4v) is 4.24. The average Bonchev–Trinajstić information content (AvgIpc) is 2.55. The van der Waals surface area contributed by atoms with Gasteiger partial charge in [0.05, 0.1) is 0 Å². The van der Waals surface area contributed by atoms with Crippen molar-refractivity contribution >= 4 is 24.2 Å². The number of benzene rings is 1. The van der Waals surface area contributed by atoms with Gasteiger partial charge in [0, 0.05) is 10.0 Å². The molecule has 0 aromatic heterocycles. The number of halogens is 2. The van der Waals surface area contributed by atoms with E-state index in [1.165, 1.54) is 6.07 Å². The molecule has 96 valence electrons. The smallest absolute Gasteiger partial charge is 0.186 e. The summed E-state index contributed by atoms with van der Waals surface area (Å²) in [5.74, 6) is -0.350. The molecule has 1 aromatic carbocycles. The first-order valence-electron chi connectivity index (χ1n) is 5.87. The molecule has 0 saturated carbocycles. The summed E-state index contributed by atoms with van der Waals surface area (Å²) in [6, 6.07) is 5.49. The predicted molar refractivity (Wildman–Crippen MR) is 74.1 cm³/mol. The fraction of sp³-hybridized carbons (Fsp3) is 0.462. The maximum absolute atomic E-state index is 14.2. The van der Waals surface area contributed by atoms with Gasteiger partial charge in [-0.25, -0.2) is 4.39 Å². The van der Waals surface area contributed by atoms with Gasteiger partial charge in [-0.05, 0) is 50.2 Å². The van der Waals surface area contributed by atoms with E-state index in [-0.39, 0.29) is 5.82 Å². The third-order valence-corrected chi connectivity index (χ3v) is 4.37. The van der Waals surface area contributed by atoms with Gasteiger partial charge >= 0.3 is 0 Å². The van der Waals surface area contributed by atoms with Crippen LogP contribution in [0.15, 0.2) is 16.6 Å². The average molecular weight is 328 g/mol. The molecule has 0 amide bonds. The normalized spacial score (nSPS) is 22.7. The van der Waals surface area contributed by atoms with Crippen molar-refractivity contribution < 1.29 is 8.82 Å². The molecule has 0 N–H and O–H groups in total. The van der Waals surface area contributed by atoms with Crippen molar-refractivity contribution in [2.24, 2.45) is 0 Å². The summed E-state index contributed by atoms with van der Waals surface area (Å²) >= 11 is 3.28. The molecule has 2 rings (SSSR count). The van der Waals surface area contributed by atoms with Crippen LogP contribution < -0.4 is 0 Å². The highest BCUT2D eigenvalue weighted by molar-refractivity contribution is 9.10. The number of hydrogen-bond donors (Lipinski definition) is 0. The summed E-state index contributed by atoms with van der Waals surface area (Å²) in [5, 5.41) is 9.49. The van der Waals surface area contributed by atoms with Gasteiger partial charge in [0.1, 0.15) is 11.9 Å². The highest BCUT2D eigenvalue weighted by Gasteiger charge is 2.45. The van der Waals surface area contributed by atoms with Crippen LogP contribution in [0.2, 0.25) is 19.6 Å². The van der Waals surface area contributed by atoms with Crippen LogP contribution in [0.3, 0.4) is 0 Å². The van der Waals surface area contributed by atoms with Gasteiger partial charge in [-0.15, -0.1) is 0 Å². The lowest BCUT2D eigenvalue weighted by Crippen LogP contribution is -2.38. The Bertz CT molecular complexity index is 535. The number of hydrogen-bond acceptors (Lipinski definition) is 2. The Balaban J connectivity index is 2.55. The van der Waals surface area contributed by atoms with Crippen LogP contribution >= 0.6 is 15.9 Å². The zero-order valence-corrected chi connectivity index (χ0v) is 13.3. The van der Waals surface area contributed by atoms with Gasteiger partial charge in [-0.2, -0.15) is 5.26 Å². The maximum atomic E-state index is 14.2. The summed E-state index contributed by atoms with van der Waals surface area (Å²) in [6.45, 7) is 6.04. The second kappa shape index (κ2) is 4.44. The van der Waals surface area contributed by atoms with Gasteiger partial charge in [0.25, 0.3) is 0 Å². The van der Waals surface area contributed by atoms with Crippen molar-refractivity contribution in [1.82, 2.24) is 0 Å². The molecular weight excluding hydrogens is 313 g/mol. The van der Waals surface area contributed by atoms with Crippen molar-refractivity contribution in [1.29, 1.82) is 5.26 Å². The molecule has 0 saturated heterocycles. The molecule has 1 aliphatic rings. The fourth-order valence-electron chi connectivity index (χ4n) is 2.47. The first-order valence-corrected chi connectivity index (χ1v) is 10.1. The van der Waals surface area contributed by atoms with E-state index in [0.29, 0.717) is 22.9 Å². The zero-order chi connectivity index (χ0) is 13.6. The standard InChI is InChI=1S/C13H15BrFNOSi/c1-18(2,3)17-13(8-16)5-4-9-6-10(14)7-11(15)12(9)13/h6-7H,4-5H2,1-3H3. The lowest BCUT2D eigenvalue weighted by molar-refractivity contribution is 0.117. The van der Waals surface area contributed by atoms with E-state index in [2.05, 4.69) is 22.0 Å². The van der Waals surface area contributed by atoms with E-state index in [1.54, 1.807) is 0 Å². The van der Waals surface area contributed by atoms with E-state index >= 15 is 0 Å². The molecule has 1 atom stereocenters. The minimum Gasteiger partial charge on any atom is -0.396 e. The van der Waals surface area contributed by atoms with Crippen molar-refractivity contribution in [2.45, 2.75) is 38.1 Å².